The topological polar surface area (TPSA) is 63.4 Å². The molecule has 0 spiro atoms. The third kappa shape index (κ3) is 4.45. The molecule has 0 aliphatic heterocycles. The van der Waals surface area contributed by atoms with Crippen LogP contribution in [0, 0.1) is 0 Å². The maximum atomic E-state index is 12.6. The monoisotopic (exact) mass is 342 g/mol. The highest BCUT2D eigenvalue weighted by atomic mass is 32.1. The maximum Gasteiger partial charge on any atom is 0.248 e. The number of thiophene rings is 1. The zero-order valence-corrected chi connectivity index (χ0v) is 14.4. The lowest BCUT2D eigenvalue weighted by molar-refractivity contribution is -0.132. The van der Waals surface area contributed by atoms with E-state index in [1.54, 1.807) is 23.5 Å². The summed E-state index contributed by atoms with van der Waals surface area (Å²) in [5.74, 6) is -0.196. The standard InChI is InChI=1S/C19H22N2O2S/c20-19(23)15-8-6-14(7-9-15)13-21(16-10-11-16)18(22)5-1-3-17-4-2-12-24-17/h2,4,6-9,12,16H,1,3,5,10-11,13H2,(H2,20,23). The molecule has 1 aliphatic rings. The molecule has 0 radical (unpaired) electrons. The van der Waals surface area contributed by atoms with E-state index in [0.717, 1.165) is 31.2 Å². The van der Waals surface area contributed by atoms with Crippen molar-refractivity contribution in [2.45, 2.75) is 44.7 Å². The number of hydrogen-bond acceptors (Lipinski definition) is 3. The highest BCUT2D eigenvalue weighted by Crippen LogP contribution is 2.29. The summed E-state index contributed by atoms with van der Waals surface area (Å²) in [5.41, 5.74) is 6.80. The number of nitrogens with two attached hydrogens (primary N) is 1. The van der Waals surface area contributed by atoms with Crippen LogP contribution in [-0.2, 0) is 17.8 Å². The van der Waals surface area contributed by atoms with Gasteiger partial charge < -0.3 is 10.6 Å². The zero-order chi connectivity index (χ0) is 16.9. The van der Waals surface area contributed by atoms with Gasteiger partial charge in [-0.25, -0.2) is 0 Å². The van der Waals surface area contributed by atoms with Crippen LogP contribution in [0.2, 0.25) is 0 Å². The fourth-order valence-electron chi connectivity index (χ4n) is 2.79. The molecule has 126 valence electrons. The third-order valence-corrected chi connectivity index (χ3v) is 5.23. The van der Waals surface area contributed by atoms with Crippen LogP contribution in [0.15, 0.2) is 41.8 Å². The molecule has 1 aromatic carbocycles. The quantitative estimate of drug-likeness (QED) is 0.799. The van der Waals surface area contributed by atoms with E-state index in [1.165, 1.54) is 4.88 Å². The van der Waals surface area contributed by atoms with Crippen LogP contribution in [0.25, 0.3) is 0 Å². The molecule has 1 heterocycles. The predicted octanol–water partition coefficient (Wildman–Crippen LogP) is 3.36. The number of carbonyl (C=O) groups is 2. The van der Waals surface area contributed by atoms with Crippen molar-refractivity contribution in [1.29, 1.82) is 0 Å². The Morgan fingerprint density at radius 1 is 1.17 bits per heavy atom. The highest BCUT2D eigenvalue weighted by molar-refractivity contribution is 7.09. The molecule has 24 heavy (non-hydrogen) atoms. The average molecular weight is 342 g/mol. The number of hydrogen-bond donors (Lipinski definition) is 1. The Hall–Kier alpha value is -2.14. The van der Waals surface area contributed by atoms with E-state index in [4.69, 9.17) is 5.73 Å². The average Bonchev–Trinajstić information content (AvgIpc) is 3.29. The van der Waals surface area contributed by atoms with Crippen LogP contribution >= 0.6 is 11.3 Å². The minimum absolute atomic E-state index is 0.230. The maximum absolute atomic E-state index is 12.6. The van der Waals surface area contributed by atoms with Gasteiger partial charge in [-0.2, -0.15) is 0 Å². The van der Waals surface area contributed by atoms with Gasteiger partial charge in [-0.05, 0) is 54.8 Å². The van der Waals surface area contributed by atoms with E-state index >= 15 is 0 Å². The number of amides is 2. The lowest BCUT2D eigenvalue weighted by atomic mass is 10.1. The second-order valence-electron chi connectivity index (χ2n) is 6.25. The summed E-state index contributed by atoms with van der Waals surface area (Å²) in [5, 5.41) is 2.07. The molecule has 4 nitrogen and oxygen atoms in total. The lowest BCUT2D eigenvalue weighted by Crippen LogP contribution is -2.32. The summed E-state index contributed by atoms with van der Waals surface area (Å²) in [4.78, 5) is 27.1. The molecule has 3 rings (SSSR count). The molecule has 1 fully saturated rings. The van der Waals surface area contributed by atoms with Crippen molar-refractivity contribution in [3.8, 4) is 0 Å². The predicted molar refractivity (Wildman–Crippen MR) is 95.8 cm³/mol. The molecule has 0 unspecified atom stereocenters. The normalized spacial score (nSPS) is 13.7. The van der Waals surface area contributed by atoms with Crippen LogP contribution in [0.3, 0.4) is 0 Å². The molecule has 0 saturated heterocycles. The fraction of sp³-hybridized carbons (Fsp3) is 0.368. The van der Waals surface area contributed by atoms with Crippen molar-refractivity contribution in [3.05, 3.63) is 57.8 Å². The number of nitrogens with zero attached hydrogens (tertiary/aromatic N) is 1. The Morgan fingerprint density at radius 2 is 1.92 bits per heavy atom. The van der Waals surface area contributed by atoms with Gasteiger partial charge in [0.1, 0.15) is 0 Å². The zero-order valence-electron chi connectivity index (χ0n) is 13.6. The van der Waals surface area contributed by atoms with E-state index in [0.29, 0.717) is 24.6 Å². The molecule has 2 amide bonds. The van der Waals surface area contributed by atoms with Gasteiger partial charge >= 0.3 is 0 Å². The molecule has 1 aliphatic carbocycles. The van der Waals surface area contributed by atoms with Crippen molar-refractivity contribution < 1.29 is 9.59 Å². The van der Waals surface area contributed by atoms with Gasteiger partial charge in [0.05, 0.1) is 0 Å². The molecule has 0 bridgehead atoms. The van der Waals surface area contributed by atoms with Crippen LogP contribution < -0.4 is 5.73 Å². The molecule has 0 atom stereocenters. The molecular formula is C19H22N2O2S. The Morgan fingerprint density at radius 3 is 2.50 bits per heavy atom. The van der Waals surface area contributed by atoms with Crippen molar-refractivity contribution in [2.24, 2.45) is 5.73 Å². The second-order valence-corrected chi connectivity index (χ2v) is 7.28. The third-order valence-electron chi connectivity index (χ3n) is 4.29. The van der Waals surface area contributed by atoms with E-state index < -0.39 is 5.91 Å². The first-order valence-electron chi connectivity index (χ1n) is 8.34. The van der Waals surface area contributed by atoms with Crippen LogP contribution in [-0.4, -0.2) is 22.8 Å². The minimum atomic E-state index is -0.426. The van der Waals surface area contributed by atoms with Gasteiger partial charge in [0, 0.05) is 29.4 Å². The SMILES string of the molecule is NC(=O)c1ccc(CN(C(=O)CCCc2cccs2)C2CC2)cc1. The number of aryl methyl sites for hydroxylation is 1. The summed E-state index contributed by atoms with van der Waals surface area (Å²) in [6, 6.07) is 11.8. The minimum Gasteiger partial charge on any atom is -0.366 e. The van der Waals surface area contributed by atoms with E-state index in [1.807, 2.05) is 23.1 Å². The van der Waals surface area contributed by atoms with Crippen molar-refractivity contribution in [2.75, 3.05) is 0 Å². The first kappa shape index (κ1) is 16.7. The molecular weight excluding hydrogens is 320 g/mol. The van der Waals surface area contributed by atoms with Gasteiger partial charge in [-0.3, -0.25) is 9.59 Å². The first-order chi connectivity index (χ1) is 11.6. The van der Waals surface area contributed by atoms with Crippen LogP contribution in [0.4, 0.5) is 0 Å². The molecule has 1 aromatic heterocycles. The highest BCUT2D eigenvalue weighted by Gasteiger charge is 2.32. The van der Waals surface area contributed by atoms with Crippen molar-refractivity contribution >= 4 is 23.2 Å². The Balaban J connectivity index is 1.55. The van der Waals surface area contributed by atoms with Crippen molar-refractivity contribution in [3.63, 3.8) is 0 Å². The van der Waals surface area contributed by atoms with Gasteiger partial charge in [0.15, 0.2) is 0 Å². The number of rotatable bonds is 8. The fourth-order valence-corrected chi connectivity index (χ4v) is 3.54. The van der Waals surface area contributed by atoms with Crippen LogP contribution in [0.5, 0.6) is 0 Å². The number of benzene rings is 1. The summed E-state index contributed by atoms with van der Waals surface area (Å²) in [6.45, 7) is 0.613. The van der Waals surface area contributed by atoms with E-state index in [-0.39, 0.29) is 5.91 Å². The Kier molecular flexibility index (Phi) is 5.30. The molecule has 1 saturated carbocycles. The second kappa shape index (κ2) is 7.62. The Bertz CT molecular complexity index is 691. The van der Waals surface area contributed by atoms with Gasteiger partial charge in [0.25, 0.3) is 0 Å². The van der Waals surface area contributed by atoms with Gasteiger partial charge in [-0.1, -0.05) is 18.2 Å². The Labute approximate surface area is 146 Å². The summed E-state index contributed by atoms with van der Waals surface area (Å²) < 4.78 is 0. The number of primary amides is 1. The molecule has 5 heteroatoms. The van der Waals surface area contributed by atoms with E-state index in [9.17, 15) is 9.59 Å². The summed E-state index contributed by atoms with van der Waals surface area (Å²) in [6.07, 6.45) is 4.64. The lowest BCUT2D eigenvalue weighted by Gasteiger charge is -2.22. The van der Waals surface area contributed by atoms with Crippen LogP contribution in [0.1, 0.15) is 46.5 Å². The summed E-state index contributed by atoms with van der Waals surface area (Å²) in [7, 11) is 0. The van der Waals surface area contributed by atoms with Gasteiger partial charge in [0.2, 0.25) is 11.8 Å². The molecule has 2 aromatic rings. The summed E-state index contributed by atoms with van der Waals surface area (Å²) >= 11 is 1.75. The first-order valence-corrected chi connectivity index (χ1v) is 9.22. The molecule has 2 N–H and O–H groups in total. The van der Waals surface area contributed by atoms with Gasteiger partial charge in [-0.15, -0.1) is 11.3 Å². The smallest absolute Gasteiger partial charge is 0.248 e. The van der Waals surface area contributed by atoms with Crippen molar-refractivity contribution in [1.82, 2.24) is 4.90 Å². The largest absolute Gasteiger partial charge is 0.366 e. The van der Waals surface area contributed by atoms with E-state index in [2.05, 4.69) is 11.4 Å². The number of carbonyl (C=O) groups excluding carboxylic acids is 2.